The van der Waals surface area contributed by atoms with Crippen LogP contribution in [0.1, 0.15) is 33.4 Å². The van der Waals surface area contributed by atoms with Crippen molar-refractivity contribution in [2.24, 2.45) is 0 Å². The van der Waals surface area contributed by atoms with Crippen molar-refractivity contribution in [1.29, 1.82) is 0 Å². The summed E-state index contributed by atoms with van der Waals surface area (Å²) < 4.78 is 0. The van der Waals surface area contributed by atoms with Gasteiger partial charge in [0.15, 0.2) is 0 Å². The second kappa shape index (κ2) is 6.27. The minimum Gasteiger partial charge on any atom is -0.465 e. The zero-order valence-electron chi connectivity index (χ0n) is 12.1. The van der Waals surface area contributed by atoms with Crippen molar-refractivity contribution in [1.82, 2.24) is 10.6 Å². The summed E-state index contributed by atoms with van der Waals surface area (Å²) in [5.74, 6) is 0. The highest BCUT2D eigenvalue weighted by molar-refractivity contribution is 5.66. The van der Waals surface area contributed by atoms with Crippen LogP contribution >= 0.6 is 0 Å². The number of benzene rings is 1. The molecular formula is C14H20N2O4. The van der Waals surface area contributed by atoms with Gasteiger partial charge >= 0.3 is 12.2 Å². The van der Waals surface area contributed by atoms with E-state index < -0.39 is 12.2 Å². The highest BCUT2D eigenvalue weighted by atomic mass is 16.4. The molecule has 0 bridgehead atoms. The molecule has 0 aliphatic rings. The van der Waals surface area contributed by atoms with Crippen LogP contribution in [0, 0.1) is 27.7 Å². The Hall–Kier alpha value is -2.24. The van der Waals surface area contributed by atoms with E-state index in [0.717, 1.165) is 33.4 Å². The van der Waals surface area contributed by atoms with Crippen molar-refractivity contribution < 1.29 is 19.8 Å². The number of amides is 2. The molecule has 0 fully saturated rings. The van der Waals surface area contributed by atoms with Crippen LogP contribution in [0.3, 0.4) is 0 Å². The molecule has 1 aromatic rings. The summed E-state index contributed by atoms with van der Waals surface area (Å²) in [6, 6.07) is 0. The van der Waals surface area contributed by atoms with Crippen LogP contribution in [-0.2, 0) is 13.1 Å². The number of nitrogens with one attached hydrogen (secondary N) is 2. The lowest BCUT2D eigenvalue weighted by Gasteiger charge is -2.20. The summed E-state index contributed by atoms with van der Waals surface area (Å²) in [7, 11) is 0. The van der Waals surface area contributed by atoms with Crippen LogP contribution in [-0.4, -0.2) is 22.4 Å². The van der Waals surface area contributed by atoms with Gasteiger partial charge in [0.2, 0.25) is 0 Å². The van der Waals surface area contributed by atoms with Gasteiger partial charge in [-0.05, 0) is 61.1 Å². The quantitative estimate of drug-likeness (QED) is 0.680. The Labute approximate surface area is 117 Å². The van der Waals surface area contributed by atoms with Crippen molar-refractivity contribution >= 4 is 12.2 Å². The van der Waals surface area contributed by atoms with Gasteiger partial charge in [-0.2, -0.15) is 0 Å². The van der Waals surface area contributed by atoms with Crippen molar-refractivity contribution in [3.05, 3.63) is 33.4 Å². The van der Waals surface area contributed by atoms with Crippen LogP contribution in [0.25, 0.3) is 0 Å². The number of hydrogen-bond donors (Lipinski definition) is 4. The molecule has 110 valence electrons. The molecule has 0 radical (unpaired) electrons. The SMILES string of the molecule is Cc1c(C)c(C)c(CNC(=O)O)c(CNC(=O)O)c1C. The van der Waals surface area contributed by atoms with E-state index in [1.807, 2.05) is 27.7 Å². The molecule has 0 spiro atoms. The summed E-state index contributed by atoms with van der Waals surface area (Å²) in [5, 5.41) is 22.2. The fourth-order valence-electron chi connectivity index (χ4n) is 2.27. The van der Waals surface area contributed by atoms with Gasteiger partial charge in [0.05, 0.1) is 0 Å². The average Bonchev–Trinajstić information content (AvgIpc) is 2.37. The fraction of sp³-hybridized carbons (Fsp3) is 0.429. The second-order valence-electron chi connectivity index (χ2n) is 4.77. The minimum absolute atomic E-state index is 0.166. The molecule has 4 N–H and O–H groups in total. The van der Waals surface area contributed by atoms with Crippen LogP contribution in [0.2, 0.25) is 0 Å². The third-order valence-electron chi connectivity index (χ3n) is 3.79. The largest absolute Gasteiger partial charge is 0.465 e. The molecule has 0 heterocycles. The molecule has 0 saturated heterocycles. The van der Waals surface area contributed by atoms with E-state index in [1.165, 1.54) is 0 Å². The first-order valence-electron chi connectivity index (χ1n) is 6.27. The highest BCUT2D eigenvalue weighted by Gasteiger charge is 2.16. The van der Waals surface area contributed by atoms with Crippen LogP contribution < -0.4 is 10.6 Å². The lowest BCUT2D eigenvalue weighted by Crippen LogP contribution is -2.26. The number of hydrogen-bond acceptors (Lipinski definition) is 2. The molecule has 20 heavy (non-hydrogen) atoms. The monoisotopic (exact) mass is 280 g/mol. The first kappa shape index (κ1) is 15.8. The summed E-state index contributed by atoms with van der Waals surface area (Å²) in [6.45, 7) is 8.14. The average molecular weight is 280 g/mol. The Morgan fingerprint density at radius 2 is 1.05 bits per heavy atom. The van der Waals surface area contributed by atoms with E-state index >= 15 is 0 Å². The van der Waals surface area contributed by atoms with Crippen molar-refractivity contribution in [3.8, 4) is 0 Å². The zero-order valence-corrected chi connectivity index (χ0v) is 12.1. The van der Waals surface area contributed by atoms with Crippen LogP contribution in [0.15, 0.2) is 0 Å². The van der Waals surface area contributed by atoms with E-state index in [9.17, 15) is 9.59 Å². The van der Waals surface area contributed by atoms with Gasteiger partial charge in [-0.3, -0.25) is 0 Å². The van der Waals surface area contributed by atoms with Crippen molar-refractivity contribution in [2.75, 3.05) is 0 Å². The molecule has 0 unspecified atom stereocenters. The van der Waals surface area contributed by atoms with Gasteiger partial charge < -0.3 is 20.8 Å². The van der Waals surface area contributed by atoms with E-state index in [0.29, 0.717) is 0 Å². The maximum absolute atomic E-state index is 10.7. The molecule has 6 heteroatoms. The summed E-state index contributed by atoms with van der Waals surface area (Å²) in [5.41, 5.74) is 5.85. The normalized spacial score (nSPS) is 10.2. The van der Waals surface area contributed by atoms with E-state index in [1.54, 1.807) is 0 Å². The number of rotatable bonds is 4. The minimum atomic E-state index is -1.10. The maximum Gasteiger partial charge on any atom is 0.404 e. The number of carboxylic acid groups (broad SMARTS) is 2. The van der Waals surface area contributed by atoms with Gasteiger partial charge in [0, 0.05) is 13.1 Å². The van der Waals surface area contributed by atoms with Crippen molar-refractivity contribution in [2.45, 2.75) is 40.8 Å². The van der Waals surface area contributed by atoms with Gasteiger partial charge in [-0.15, -0.1) is 0 Å². The summed E-state index contributed by atoms with van der Waals surface area (Å²) in [6.07, 6.45) is -2.20. The molecule has 1 rings (SSSR count). The van der Waals surface area contributed by atoms with Crippen molar-refractivity contribution in [3.63, 3.8) is 0 Å². The molecule has 2 amide bonds. The van der Waals surface area contributed by atoms with E-state index in [2.05, 4.69) is 10.6 Å². The molecule has 1 aromatic carbocycles. The first-order valence-corrected chi connectivity index (χ1v) is 6.27. The topological polar surface area (TPSA) is 98.7 Å². The maximum atomic E-state index is 10.7. The Kier molecular flexibility index (Phi) is 4.96. The summed E-state index contributed by atoms with van der Waals surface area (Å²) >= 11 is 0. The number of carbonyl (C=O) groups is 2. The lowest BCUT2D eigenvalue weighted by molar-refractivity contribution is 0.192. The zero-order chi connectivity index (χ0) is 15.4. The molecule has 0 aliphatic carbocycles. The standard InChI is InChI=1S/C14H20N2O4/c1-7-8(2)10(4)12(6-16-14(19)20)11(9(7)3)5-15-13(17)18/h15-16H,5-6H2,1-4H3,(H,17,18)(H,19,20). The molecule has 0 aromatic heterocycles. The van der Waals surface area contributed by atoms with Gasteiger partial charge in [-0.25, -0.2) is 9.59 Å². The Balaban J connectivity index is 3.28. The Bertz CT molecular complexity index is 504. The van der Waals surface area contributed by atoms with Crippen LogP contribution in [0.4, 0.5) is 9.59 Å². The summed E-state index contributed by atoms with van der Waals surface area (Å²) in [4.78, 5) is 21.4. The molecule has 6 nitrogen and oxygen atoms in total. The van der Waals surface area contributed by atoms with E-state index in [-0.39, 0.29) is 13.1 Å². The van der Waals surface area contributed by atoms with Gasteiger partial charge in [-0.1, -0.05) is 0 Å². The van der Waals surface area contributed by atoms with E-state index in [4.69, 9.17) is 10.2 Å². The smallest absolute Gasteiger partial charge is 0.404 e. The molecule has 0 atom stereocenters. The first-order chi connectivity index (χ1) is 9.25. The Morgan fingerprint density at radius 3 is 1.30 bits per heavy atom. The predicted molar refractivity (Wildman–Crippen MR) is 75.1 cm³/mol. The third-order valence-corrected chi connectivity index (χ3v) is 3.79. The van der Waals surface area contributed by atoms with Gasteiger partial charge in [0.25, 0.3) is 0 Å². The second-order valence-corrected chi connectivity index (χ2v) is 4.77. The highest BCUT2D eigenvalue weighted by Crippen LogP contribution is 2.26. The Morgan fingerprint density at radius 1 is 0.750 bits per heavy atom. The predicted octanol–water partition coefficient (Wildman–Crippen LogP) is 2.46. The fourth-order valence-corrected chi connectivity index (χ4v) is 2.27. The molecular weight excluding hydrogens is 260 g/mol. The lowest BCUT2D eigenvalue weighted by atomic mass is 9.88. The van der Waals surface area contributed by atoms with Gasteiger partial charge in [0.1, 0.15) is 0 Å². The molecule has 0 aliphatic heterocycles. The van der Waals surface area contributed by atoms with Crippen LogP contribution in [0.5, 0.6) is 0 Å². The molecule has 0 saturated carbocycles. The third kappa shape index (κ3) is 3.40.